The molecule has 4 rings (SSSR count). The minimum Gasteiger partial charge on any atom is -0.459 e. The van der Waals surface area contributed by atoms with Crippen LogP contribution in [-0.2, 0) is 4.74 Å². The zero-order valence-electron chi connectivity index (χ0n) is 12.2. The molecule has 2 atom stereocenters. The number of carbonyl (C=O) groups is 1. The van der Waals surface area contributed by atoms with E-state index in [2.05, 4.69) is 16.9 Å². The fourth-order valence-electron chi connectivity index (χ4n) is 3.91. The number of hydrogen-bond donors (Lipinski definition) is 1. The van der Waals surface area contributed by atoms with Gasteiger partial charge in [-0.1, -0.05) is 18.2 Å². The van der Waals surface area contributed by atoms with Crippen molar-refractivity contribution in [3.63, 3.8) is 0 Å². The number of rotatable bonds is 2. The minimum atomic E-state index is -0.193. The average Bonchev–Trinajstić information content (AvgIpc) is 2.98. The maximum Gasteiger partial charge on any atom is 0.340 e. The van der Waals surface area contributed by atoms with Crippen molar-refractivity contribution in [2.75, 3.05) is 7.05 Å². The number of benzene rings is 1. The third-order valence-corrected chi connectivity index (χ3v) is 5.14. The Kier molecular flexibility index (Phi) is 3.00. The highest BCUT2D eigenvalue weighted by molar-refractivity contribution is 6.04. The molecule has 0 aliphatic carbocycles. The third kappa shape index (κ3) is 2.14. The minimum absolute atomic E-state index is 0.0693. The highest BCUT2D eigenvalue weighted by atomic mass is 16.5. The Bertz CT molecular complexity index is 664. The molecule has 0 saturated carbocycles. The van der Waals surface area contributed by atoms with Gasteiger partial charge in [-0.05, 0) is 26.0 Å². The molecule has 2 fully saturated rings. The zero-order valence-corrected chi connectivity index (χ0v) is 12.2. The lowest BCUT2D eigenvalue weighted by molar-refractivity contribution is -0.000258. The second-order valence-electron chi connectivity index (χ2n) is 6.30. The zero-order chi connectivity index (χ0) is 14.4. The first kappa shape index (κ1) is 12.9. The van der Waals surface area contributed by atoms with Crippen LogP contribution in [0.5, 0.6) is 0 Å². The lowest BCUT2D eigenvalue weighted by Crippen LogP contribution is -2.43. The van der Waals surface area contributed by atoms with E-state index >= 15 is 0 Å². The number of para-hydroxylation sites is 1. The van der Waals surface area contributed by atoms with E-state index in [1.807, 2.05) is 24.3 Å². The van der Waals surface area contributed by atoms with Crippen LogP contribution in [0.2, 0.25) is 0 Å². The van der Waals surface area contributed by atoms with Crippen LogP contribution in [0, 0.1) is 0 Å². The lowest BCUT2D eigenvalue weighted by Gasteiger charge is -2.35. The number of nitrogens with zero attached hydrogens (tertiary/aromatic N) is 1. The SMILES string of the molecule is CN1[C@H]2CC[C@H]1CC(OC(=O)c1c[nH]c3ccccc13)C2. The Morgan fingerprint density at radius 3 is 2.71 bits per heavy atom. The molecule has 2 bridgehead atoms. The molecule has 2 saturated heterocycles. The fourth-order valence-corrected chi connectivity index (χ4v) is 3.91. The summed E-state index contributed by atoms with van der Waals surface area (Å²) < 4.78 is 5.79. The van der Waals surface area contributed by atoms with Crippen molar-refractivity contribution >= 4 is 16.9 Å². The van der Waals surface area contributed by atoms with Gasteiger partial charge in [0.1, 0.15) is 6.10 Å². The summed E-state index contributed by atoms with van der Waals surface area (Å²) in [5.41, 5.74) is 1.63. The first-order chi connectivity index (χ1) is 10.2. The normalized spacial score (nSPS) is 28.9. The van der Waals surface area contributed by atoms with Gasteiger partial charge in [0, 0.05) is 42.0 Å². The maximum absolute atomic E-state index is 12.4. The van der Waals surface area contributed by atoms with Gasteiger partial charge in [-0.2, -0.15) is 0 Å². The van der Waals surface area contributed by atoms with Crippen LogP contribution < -0.4 is 0 Å². The predicted molar refractivity (Wildman–Crippen MR) is 81.3 cm³/mol. The molecule has 1 aromatic heterocycles. The summed E-state index contributed by atoms with van der Waals surface area (Å²) in [6.07, 6.45) is 6.25. The van der Waals surface area contributed by atoms with Gasteiger partial charge in [0.15, 0.2) is 0 Å². The molecule has 1 N–H and O–H groups in total. The smallest absolute Gasteiger partial charge is 0.340 e. The molecule has 21 heavy (non-hydrogen) atoms. The van der Waals surface area contributed by atoms with Crippen molar-refractivity contribution in [1.82, 2.24) is 9.88 Å². The number of esters is 1. The molecule has 0 amide bonds. The molecule has 1 aromatic carbocycles. The molecule has 110 valence electrons. The standard InChI is InChI=1S/C17H20N2O2/c1-19-11-6-7-12(19)9-13(8-11)21-17(20)15-10-18-16-5-3-2-4-14(15)16/h2-5,10-13,18H,6-9H2,1H3/t11-,12-/m0/s1. The van der Waals surface area contributed by atoms with Crippen LogP contribution in [0.4, 0.5) is 0 Å². The number of nitrogens with one attached hydrogen (secondary N) is 1. The fraction of sp³-hybridized carbons (Fsp3) is 0.471. The predicted octanol–water partition coefficient (Wildman–Crippen LogP) is 2.95. The number of carbonyl (C=O) groups excluding carboxylic acids is 1. The van der Waals surface area contributed by atoms with Crippen molar-refractivity contribution in [1.29, 1.82) is 0 Å². The Balaban J connectivity index is 1.51. The first-order valence-corrected chi connectivity index (χ1v) is 7.71. The van der Waals surface area contributed by atoms with Gasteiger partial charge in [0.05, 0.1) is 5.56 Å². The van der Waals surface area contributed by atoms with Gasteiger partial charge in [-0.15, -0.1) is 0 Å². The van der Waals surface area contributed by atoms with Crippen LogP contribution in [0.1, 0.15) is 36.0 Å². The summed E-state index contributed by atoms with van der Waals surface area (Å²) in [5.74, 6) is -0.193. The quantitative estimate of drug-likeness (QED) is 0.862. The molecule has 2 aliphatic heterocycles. The van der Waals surface area contributed by atoms with E-state index < -0.39 is 0 Å². The highest BCUT2D eigenvalue weighted by Gasteiger charge is 2.40. The number of fused-ring (bicyclic) bond motifs is 3. The van der Waals surface area contributed by atoms with E-state index in [-0.39, 0.29) is 12.1 Å². The number of aromatic amines is 1. The molecule has 2 aliphatic rings. The molecule has 0 spiro atoms. The van der Waals surface area contributed by atoms with E-state index in [1.165, 1.54) is 12.8 Å². The van der Waals surface area contributed by atoms with Gasteiger partial charge < -0.3 is 14.6 Å². The van der Waals surface area contributed by atoms with Gasteiger partial charge >= 0.3 is 5.97 Å². The van der Waals surface area contributed by atoms with Gasteiger partial charge in [0.2, 0.25) is 0 Å². The summed E-state index contributed by atoms with van der Waals surface area (Å²) >= 11 is 0. The monoisotopic (exact) mass is 284 g/mol. The number of H-pyrrole nitrogens is 1. The number of ether oxygens (including phenoxy) is 1. The first-order valence-electron chi connectivity index (χ1n) is 7.71. The summed E-state index contributed by atoms with van der Waals surface area (Å²) in [5, 5.41) is 0.943. The second-order valence-corrected chi connectivity index (χ2v) is 6.30. The van der Waals surface area contributed by atoms with Gasteiger partial charge in [-0.25, -0.2) is 4.79 Å². The second kappa shape index (κ2) is 4.88. The van der Waals surface area contributed by atoms with Crippen molar-refractivity contribution in [3.05, 3.63) is 36.0 Å². The Morgan fingerprint density at radius 2 is 1.95 bits per heavy atom. The van der Waals surface area contributed by atoms with Crippen molar-refractivity contribution < 1.29 is 9.53 Å². The molecule has 3 heterocycles. The molecule has 0 unspecified atom stereocenters. The van der Waals surface area contributed by atoms with Gasteiger partial charge in [0.25, 0.3) is 0 Å². The lowest BCUT2D eigenvalue weighted by atomic mass is 10.0. The van der Waals surface area contributed by atoms with E-state index in [0.29, 0.717) is 17.6 Å². The number of piperidine rings is 1. The molecular weight excluding hydrogens is 264 g/mol. The van der Waals surface area contributed by atoms with Gasteiger partial charge in [-0.3, -0.25) is 0 Å². The van der Waals surface area contributed by atoms with E-state index in [9.17, 15) is 4.79 Å². The Morgan fingerprint density at radius 1 is 1.24 bits per heavy atom. The maximum atomic E-state index is 12.4. The topological polar surface area (TPSA) is 45.3 Å². The molecule has 0 radical (unpaired) electrons. The van der Waals surface area contributed by atoms with E-state index in [0.717, 1.165) is 23.7 Å². The largest absolute Gasteiger partial charge is 0.459 e. The van der Waals surface area contributed by atoms with Crippen LogP contribution in [0.15, 0.2) is 30.5 Å². The highest BCUT2D eigenvalue weighted by Crippen LogP contribution is 2.35. The molecule has 4 heteroatoms. The molecule has 4 nitrogen and oxygen atoms in total. The van der Waals surface area contributed by atoms with Crippen LogP contribution >= 0.6 is 0 Å². The van der Waals surface area contributed by atoms with E-state index in [4.69, 9.17) is 4.74 Å². The van der Waals surface area contributed by atoms with Crippen LogP contribution in [0.25, 0.3) is 10.9 Å². The van der Waals surface area contributed by atoms with Crippen LogP contribution in [-0.4, -0.2) is 41.1 Å². The van der Waals surface area contributed by atoms with Crippen molar-refractivity contribution in [2.24, 2.45) is 0 Å². The van der Waals surface area contributed by atoms with Crippen LogP contribution in [0.3, 0.4) is 0 Å². The Hall–Kier alpha value is -1.81. The van der Waals surface area contributed by atoms with Crippen molar-refractivity contribution in [3.8, 4) is 0 Å². The average molecular weight is 284 g/mol. The summed E-state index contributed by atoms with van der Waals surface area (Å²) in [6, 6.07) is 9.02. The summed E-state index contributed by atoms with van der Waals surface area (Å²) in [7, 11) is 2.19. The summed E-state index contributed by atoms with van der Waals surface area (Å²) in [6.45, 7) is 0. The summed E-state index contributed by atoms with van der Waals surface area (Å²) in [4.78, 5) is 18.0. The Labute approximate surface area is 124 Å². The number of aromatic nitrogens is 1. The molecule has 2 aromatic rings. The number of hydrogen-bond acceptors (Lipinski definition) is 3. The molecular formula is C17H20N2O2. The van der Waals surface area contributed by atoms with E-state index in [1.54, 1.807) is 6.20 Å². The van der Waals surface area contributed by atoms with Crippen molar-refractivity contribution in [2.45, 2.75) is 43.9 Å². The third-order valence-electron chi connectivity index (χ3n) is 5.14.